The third-order valence-electron chi connectivity index (χ3n) is 2.36. The minimum absolute atomic E-state index is 0.0377. The summed E-state index contributed by atoms with van der Waals surface area (Å²) in [6, 6.07) is -0.0377. The summed E-state index contributed by atoms with van der Waals surface area (Å²) in [5.74, 6) is 0.0746. The number of hydrogen-bond donors (Lipinski definition) is 2. The van der Waals surface area contributed by atoms with Crippen molar-refractivity contribution in [3.05, 3.63) is 18.0 Å². The lowest BCUT2D eigenvalue weighted by Crippen LogP contribution is -2.32. The molecule has 1 unspecified atom stereocenters. The molecule has 1 aromatic heterocycles. The highest BCUT2D eigenvalue weighted by Crippen LogP contribution is 2.03. The standard InChI is InChI=1S/C10H18N4O/c1-3-9(11)4-10(15)14(2)7-8-5-12-13-6-8/h5-6,9H,3-4,7,11H2,1-2H3,(H,12,13). The van der Waals surface area contributed by atoms with E-state index in [-0.39, 0.29) is 11.9 Å². The van der Waals surface area contributed by atoms with Crippen LogP contribution in [0.5, 0.6) is 0 Å². The van der Waals surface area contributed by atoms with Crippen LogP contribution in [-0.4, -0.2) is 34.1 Å². The van der Waals surface area contributed by atoms with Gasteiger partial charge in [0.1, 0.15) is 0 Å². The zero-order valence-corrected chi connectivity index (χ0v) is 9.23. The first kappa shape index (κ1) is 11.7. The Labute approximate surface area is 89.6 Å². The van der Waals surface area contributed by atoms with Crippen LogP contribution in [-0.2, 0) is 11.3 Å². The summed E-state index contributed by atoms with van der Waals surface area (Å²) >= 11 is 0. The predicted octanol–water partition coefficient (Wildman–Crippen LogP) is 0.495. The fourth-order valence-electron chi connectivity index (χ4n) is 1.25. The molecule has 1 heterocycles. The quantitative estimate of drug-likeness (QED) is 0.743. The molecule has 84 valence electrons. The first-order valence-corrected chi connectivity index (χ1v) is 5.10. The van der Waals surface area contributed by atoms with Crippen LogP contribution < -0.4 is 5.73 Å². The van der Waals surface area contributed by atoms with Crippen molar-refractivity contribution in [2.75, 3.05) is 7.05 Å². The van der Waals surface area contributed by atoms with E-state index >= 15 is 0 Å². The van der Waals surface area contributed by atoms with Crippen LogP contribution >= 0.6 is 0 Å². The number of carbonyl (C=O) groups excluding carboxylic acids is 1. The SMILES string of the molecule is CCC(N)CC(=O)N(C)Cc1cn[nH]c1. The van der Waals surface area contributed by atoms with Gasteiger partial charge in [-0.1, -0.05) is 6.92 Å². The van der Waals surface area contributed by atoms with Gasteiger partial charge in [-0.05, 0) is 6.42 Å². The van der Waals surface area contributed by atoms with E-state index in [4.69, 9.17) is 5.73 Å². The van der Waals surface area contributed by atoms with E-state index < -0.39 is 0 Å². The Kier molecular flexibility index (Phi) is 4.30. The monoisotopic (exact) mass is 210 g/mol. The van der Waals surface area contributed by atoms with E-state index in [2.05, 4.69) is 10.2 Å². The second-order valence-corrected chi connectivity index (χ2v) is 3.73. The highest BCUT2D eigenvalue weighted by Gasteiger charge is 2.12. The minimum atomic E-state index is -0.0377. The highest BCUT2D eigenvalue weighted by molar-refractivity contribution is 5.76. The summed E-state index contributed by atoms with van der Waals surface area (Å²) in [5, 5.41) is 6.54. The molecule has 0 aliphatic heterocycles. The summed E-state index contributed by atoms with van der Waals surface area (Å²) in [6.07, 6.45) is 4.73. The molecular formula is C10H18N4O. The van der Waals surface area contributed by atoms with Crippen molar-refractivity contribution < 1.29 is 4.79 Å². The second kappa shape index (κ2) is 5.50. The van der Waals surface area contributed by atoms with Gasteiger partial charge in [0.15, 0.2) is 0 Å². The lowest BCUT2D eigenvalue weighted by atomic mass is 10.1. The topological polar surface area (TPSA) is 75.0 Å². The maximum absolute atomic E-state index is 11.7. The molecule has 1 amide bonds. The molecule has 0 spiro atoms. The third kappa shape index (κ3) is 3.71. The summed E-state index contributed by atoms with van der Waals surface area (Å²) in [6.45, 7) is 2.56. The van der Waals surface area contributed by atoms with E-state index in [1.54, 1.807) is 24.3 Å². The van der Waals surface area contributed by atoms with Crippen molar-refractivity contribution in [3.63, 3.8) is 0 Å². The fraction of sp³-hybridized carbons (Fsp3) is 0.600. The lowest BCUT2D eigenvalue weighted by molar-refractivity contribution is -0.130. The number of rotatable bonds is 5. The number of hydrogen-bond acceptors (Lipinski definition) is 3. The van der Waals surface area contributed by atoms with Crippen molar-refractivity contribution in [1.29, 1.82) is 0 Å². The van der Waals surface area contributed by atoms with E-state index in [1.165, 1.54) is 0 Å². The summed E-state index contributed by atoms with van der Waals surface area (Å²) in [7, 11) is 1.78. The number of amides is 1. The lowest BCUT2D eigenvalue weighted by Gasteiger charge is -2.18. The predicted molar refractivity (Wildman–Crippen MR) is 57.9 cm³/mol. The van der Waals surface area contributed by atoms with Gasteiger partial charge in [-0.2, -0.15) is 5.10 Å². The van der Waals surface area contributed by atoms with Crippen molar-refractivity contribution in [2.24, 2.45) is 5.73 Å². The maximum atomic E-state index is 11.7. The molecule has 3 N–H and O–H groups in total. The van der Waals surface area contributed by atoms with Crippen LogP contribution in [0.3, 0.4) is 0 Å². The fourth-order valence-corrected chi connectivity index (χ4v) is 1.25. The largest absolute Gasteiger partial charge is 0.341 e. The number of nitrogens with zero attached hydrogens (tertiary/aromatic N) is 2. The molecule has 1 atom stereocenters. The van der Waals surface area contributed by atoms with Gasteiger partial charge >= 0.3 is 0 Å². The summed E-state index contributed by atoms with van der Waals surface area (Å²) < 4.78 is 0. The molecule has 15 heavy (non-hydrogen) atoms. The summed E-state index contributed by atoms with van der Waals surface area (Å²) in [5.41, 5.74) is 6.72. The van der Waals surface area contributed by atoms with Gasteiger partial charge < -0.3 is 10.6 Å². The highest BCUT2D eigenvalue weighted by atomic mass is 16.2. The van der Waals surface area contributed by atoms with Gasteiger partial charge in [0.05, 0.1) is 6.20 Å². The van der Waals surface area contributed by atoms with Crippen LogP contribution in [0.15, 0.2) is 12.4 Å². The Morgan fingerprint density at radius 2 is 2.47 bits per heavy atom. The van der Waals surface area contributed by atoms with Gasteiger partial charge in [0.25, 0.3) is 0 Å². The molecule has 0 aromatic carbocycles. The van der Waals surface area contributed by atoms with E-state index in [0.717, 1.165) is 12.0 Å². The zero-order valence-electron chi connectivity index (χ0n) is 9.23. The molecule has 5 heteroatoms. The second-order valence-electron chi connectivity index (χ2n) is 3.73. The van der Waals surface area contributed by atoms with Crippen molar-refractivity contribution in [2.45, 2.75) is 32.4 Å². The van der Waals surface area contributed by atoms with Gasteiger partial charge in [0, 0.05) is 37.8 Å². The average molecular weight is 210 g/mol. The molecule has 0 fully saturated rings. The molecule has 5 nitrogen and oxygen atoms in total. The number of aromatic amines is 1. The molecule has 0 aliphatic carbocycles. The molecule has 0 radical (unpaired) electrons. The Bertz CT molecular complexity index is 296. The number of H-pyrrole nitrogens is 1. The van der Waals surface area contributed by atoms with Crippen molar-refractivity contribution >= 4 is 5.91 Å². The Balaban J connectivity index is 2.40. The van der Waals surface area contributed by atoms with E-state index in [0.29, 0.717) is 13.0 Å². The molecule has 1 aromatic rings. The number of aromatic nitrogens is 2. The Morgan fingerprint density at radius 3 is 3.00 bits per heavy atom. The molecular weight excluding hydrogens is 192 g/mol. The van der Waals surface area contributed by atoms with Gasteiger partial charge in [0.2, 0.25) is 5.91 Å². The first-order valence-electron chi connectivity index (χ1n) is 5.10. The number of carbonyl (C=O) groups is 1. The zero-order chi connectivity index (χ0) is 11.3. The maximum Gasteiger partial charge on any atom is 0.224 e. The molecule has 0 aliphatic rings. The number of nitrogens with two attached hydrogens (primary N) is 1. The molecule has 0 saturated heterocycles. The van der Waals surface area contributed by atoms with Gasteiger partial charge in [-0.3, -0.25) is 9.89 Å². The van der Waals surface area contributed by atoms with E-state index in [1.807, 2.05) is 6.92 Å². The average Bonchev–Trinajstić information content (AvgIpc) is 2.70. The normalized spacial score (nSPS) is 12.5. The van der Waals surface area contributed by atoms with E-state index in [9.17, 15) is 4.79 Å². The smallest absolute Gasteiger partial charge is 0.224 e. The Hall–Kier alpha value is -1.36. The molecule has 0 bridgehead atoms. The molecule has 0 saturated carbocycles. The van der Waals surface area contributed by atoms with Crippen LogP contribution in [0.1, 0.15) is 25.3 Å². The van der Waals surface area contributed by atoms with Gasteiger partial charge in [-0.15, -0.1) is 0 Å². The van der Waals surface area contributed by atoms with Gasteiger partial charge in [-0.25, -0.2) is 0 Å². The van der Waals surface area contributed by atoms with Crippen LogP contribution in [0.2, 0.25) is 0 Å². The van der Waals surface area contributed by atoms with Crippen LogP contribution in [0, 0.1) is 0 Å². The number of nitrogens with one attached hydrogen (secondary N) is 1. The van der Waals surface area contributed by atoms with Crippen molar-refractivity contribution in [3.8, 4) is 0 Å². The molecule has 1 rings (SSSR count). The Morgan fingerprint density at radius 1 is 1.73 bits per heavy atom. The van der Waals surface area contributed by atoms with Crippen LogP contribution in [0.4, 0.5) is 0 Å². The third-order valence-corrected chi connectivity index (χ3v) is 2.36. The minimum Gasteiger partial charge on any atom is -0.341 e. The van der Waals surface area contributed by atoms with Crippen LogP contribution in [0.25, 0.3) is 0 Å². The first-order chi connectivity index (χ1) is 7.13. The van der Waals surface area contributed by atoms with Crippen molar-refractivity contribution in [1.82, 2.24) is 15.1 Å². The summed E-state index contributed by atoms with van der Waals surface area (Å²) in [4.78, 5) is 13.3.